The van der Waals surface area contributed by atoms with Crippen LogP contribution in [-0.2, 0) is 11.3 Å². The SMILES string of the molecule is CCOCc1nc(-c2cccc(F)c2C)cc(=O)[nH]1. The lowest BCUT2D eigenvalue weighted by Crippen LogP contribution is -2.12. The number of aromatic nitrogens is 2. The second-order valence-corrected chi connectivity index (χ2v) is 4.13. The van der Waals surface area contributed by atoms with Crippen molar-refractivity contribution in [1.29, 1.82) is 0 Å². The second kappa shape index (κ2) is 5.75. The molecule has 0 fully saturated rings. The van der Waals surface area contributed by atoms with Crippen molar-refractivity contribution in [2.24, 2.45) is 0 Å². The van der Waals surface area contributed by atoms with Gasteiger partial charge in [-0.2, -0.15) is 0 Å². The average Bonchev–Trinajstić information content (AvgIpc) is 2.39. The van der Waals surface area contributed by atoms with Gasteiger partial charge in [-0.25, -0.2) is 9.37 Å². The van der Waals surface area contributed by atoms with Gasteiger partial charge in [-0.3, -0.25) is 4.79 Å². The van der Waals surface area contributed by atoms with Crippen LogP contribution in [0, 0.1) is 12.7 Å². The molecule has 2 rings (SSSR count). The third-order valence-electron chi connectivity index (χ3n) is 2.78. The molecule has 5 heteroatoms. The predicted molar refractivity (Wildman–Crippen MR) is 70.3 cm³/mol. The largest absolute Gasteiger partial charge is 0.374 e. The van der Waals surface area contributed by atoms with E-state index in [-0.39, 0.29) is 18.0 Å². The Morgan fingerprint density at radius 2 is 2.21 bits per heavy atom. The number of H-pyrrole nitrogens is 1. The Hall–Kier alpha value is -2.01. The summed E-state index contributed by atoms with van der Waals surface area (Å²) in [7, 11) is 0. The number of hydrogen-bond acceptors (Lipinski definition) is 3. The molecule has 2 aromatic rings. The molecule has 0 spiro atoms. The predicted octanol–water partition coefficient (Wildman–Crippen LogP) is 2.42. The van der Waals surface area contributed by atoms with E-state index in [1.54, 1.807) is 19.1 Å². The number of nitrogens with zero attached hydrogens (tertiary/aromatic N) is 1. The molecule has 100 valence electrons. The maximum absolute atomic E-state index is 13.5. The highest BCUT2D eigenvalue weighted by Crippen LogP contribution is 2.22. The summed E-state index contributed by atoms with van der Waals surface area (Å²) in [5.41, 5.74) is 1.27. The monoisotopic (exact) mass is 262 g/mol. The Kier molecular flexibility index (Phi) is 4.06. The van der Waals surface area contributed by atoms with E-state index in [9.17, 15) is 9.18 Å². The standard InChI is InChI=1S/C14H15FN2O2/c1-3-19-8-13-16-12(7-14(18)17-13)10-5-4-6-11(15)9(10)2/h4-7H,3,8H2,1-2H3,(H,16,17,18). The molecule has 1 heterocycles. The Morgan fingerprint density at radius 3 is 2.95 bits per heavy atom. The van der Waals surface area contributed by atoms with Gasteiger partial charge >= 0.3 is 0 Å². The highest BCUT2D eigenvalue weighted by atomic mass is 19.1. The van der Waals surface area contributed by atoms with Crippen LogP contribution in [0.2, 0.25) is 0 Å². The zero-order valence-electron chi connectivity index (χ0n) is 10.9. The van der Waals surface area contributed by atoms with Gasteiger partial charge in [0.15, 0.2) is 0 Å². The summed E-state index contributed by atoms with van der Waals surface area (Å²) in [6.07, 6.45) is 0. The topological polar surface area (TPSA) is 55.0 Å². The van der Waals surface area contributed by atoms with Gasteiger partial charge in [0.1, 0.15) is 18.2 Å². The molecule has 0 aliphatic heterocycles. The van der Waals surface area contributed by atoms with Crippen LogP contribution < -0.4 is 5.56 Å². The van der Waals surface area contributed by atoms with E-state index < -0.39 is 0 Å². The van der Waals surface area contributed by atoms with E-state index >= 15 is 0 Å². The van der Waals surface area contributed by atoms with Crippen LogP contribution in [0.1, 0.15) is 18.3 Å². The van der Waals surface area contributed by atoms with Crippen molar-refractivity contribution in [3.63, 3.8) is 0 Å². The number of hydrogen-bond donors (Lipinski definition) is 1. The van der Waals surface area contributed by atoms with Crippen LogP contribution in [0.5, 0.6) is 0 Å². The van der Waals surface area contributed by atoms with Crippen LogP contribution in [0.4, 0.5) is 4.39 Å². The van der Waals surface area contributed by atoms with Crippen molar-refractivity contribution >= 4 is 0 Å². The molecule has 0 atom stereocenters. The maximum Gasteiger partial charge on any atom is 0.251 e. The van der Waals surface area contributed by atoms with Gasteiger partial charge in [-0.1, -0.05) is 12.1 Å². The lowest BCUT2D eigenvalue weighted by molar-refractivity contribution is 0.128. The Bertz CT molecular complexity index is 638. The molecule has 1 aromatic heterocycles. The molecule has 0 amide bonds. The normalized spacial score (nSPS) is 10.7. The van der Waals surface area contributed by atoms with E-state index in [4.69, 9.17) is 4.74 Å². The van der Waals surface area contributed by atoms with Gasteiger partial charge in [0.2, 0.25) is 0 Å². The summed E-state index contributed by atoms with van der Waals surface area (Å²) >= 11 is 0. The zero-order chi connectivity index (χ0) is 13.8. The summed E-state index contributed by atoms with van der Waals surface area (Å²) in [5, 5.41) is 0. The minimum atomic E-state index is -0.314. The molecule has 0 aliphatic carbocycles. The summed E-state index contributed by atoms with van der Waals surface area (Å²) < 4.78 is 18.7. The third kappa shape index (κ3) is 3.06. The first kappa shape index (κ1) is 13.4. The fourth-order valence-corrected chi connectivity index (χ4v) is 1.80. The molecule has 1 N–H and O–H groups in total. The fraction of sp³-hybridized carbons (Fsp3) is 0.286. The van der Waals surface area contributed by atoms with Crippen LogP contribution >= 0.6 is 0 Å². The molecular weight excluding hydrogens is 247 g/mol. The summed E-state index contributed by atoms with van der Waals surface area (Å²) in [6.45, 7) is 4.29. The van der Waals surface area contributed by atoms with E-state index in [1.165, 1.54) is 12.1 Å². The molecule has 0 saturated heterocycles. The number of aromatic amines is 1. The van der Waals surface area contributed by atoms with Crippen LogP contribution in [0.25, 0.3) is 11.3 Å². The maximum atomic E-state index is 13.5. The average molecular weight is 262 g/mol. The lowest BCUT2D eigenvalue weighted by atomic mass is 10.1. The highest BCUT2D eigenvalue weighted by Gasteiger charge is 2.09. The first-order valence-electron chi connectivity index (χ1n) is 6.05. The summed E-state index contributed by atoms with van der Waals surface area (Å²) in [5.74, 6) is 0.124. The lowest BCUT2D eigenvalue weighted by Gasteiger charge is -2.07. The molecule has 0 aliphatic rings. The molecule has 0 bridgehead atoms. The van der Waals surface area contributed by atoms with E-state index in [1.807, 2.05) is 6.92 Å². The Morgan fingerprint density at radius 1 is 1.42 bits per heavy atom. The van der Waals surface area contributed by atoms with E-state index in [0.717, 1.165) is 0 Å². The van der Waals surface area contributed by atoms with Crippen LogP contribution in [-0.4, -0.2) is 16.6 Å². The number of rotatable bonds is 4. The molecular formula is C14H15FN2O2. The van der Waals surface area contributed by atoms with Crippen molar-refractivity contribution in [2.75, 3.05) is 6.61 Å². The number of halogens is 1. The second-order valence-electron chi connectivity index (χ2n) is 4.13. The van der Waals surface area contributed by atoms with E-state index in [2.05, 4.69) is 9.97 Å². The third-order valence-corrected chi connectivity index (χ3v) is 2.78. The fourth-order valence-electron chi connectivity index (χ4n) is 1.80. The van der Waals surface area contributed by atoms with Crippen LogP contribution in [0.15, 0.2) is 29.1 Å². The molecule has 1 aromatic carbocycles. The molecule has 4 nitrogen and oxygen atoms in total. The smallest absolute Gasteiger partial charge is 0.251 e. The first-order valence-corrected chi connectivity index (χ1v) is 6.05. The van der Waals surface area contributed by atoms with Crippen molar-refractivity contribution in [3.05, 3.63) is 51.8 Å². The number of ether oxygens (including phenoxy) is 1. The summed E-state index contributed by atoms with van der Waals surface area (Å²) in [6, 6.07) is 6.08. The quantitative estimate of drug-likeness (QED) is 0.920. The van der Waals surface area contributed by atoms with Gasteiger partial charge in [0.05, 0.1) is 5.69 Å². The molecule has 19 heavy (non-hydrogen) atoms. The number of nitrogens with one attached hydrogen (secondary N) is 1. The van der Waals surface area contributed by atoms with Crippen LogP contribution in [0.3, 0.4) is 0 Å². The zero-order valence-corrected chi connectivity index (χ0v) is 10.9. The number of benzene rings is 1. The van der Waals surface area contributed by atoms with Gasteiger partial charge in [-0.05, 0) is 25.5 Å². The summed E-state index contributed by atoms with van der Waals surface area (Å²) in [4.78, 5) is 18.5. The minimum absolute atomic E-state index is 0.230. The Labute approximate surface area is 110 Å². The van der Waals surface area contributed by atoms with Crippen molar-refractivity contribution in [2.45, 2.75) is 20.5 Å². The van der Waals surface area contributed by atoms with Crippen molar-refractivity contribution in [1.82, 2.24) is 9.97 Å². The van der Waals surface area contributed by atoms with E-state index in [0.29, 0.717) is 29.3 Å². The van der Waals surface area contributed by atoms with Crippen molar-refractivity contribution in [3.8, 4) is 11.3 Å². The molecule has 0 saturated carbocycles. The van der Waals surface area contributed by atoms with Gasteiger partial charge < -0.3 is 9.72 Å². The van der Waals surface area contributed by atoms with Gasteiger partial charge in [-0.15, -0.1) is 0 Å². The molecule has 0 unspecified atom stereocenters. The van der Waals surface area contributed by atoms with Gasteiger partial charge in [0.25, 0.3) is 5.56 Å². The minimum Gasteiger partial charge on any atom is -0.374 e. The molecule has 0 radical (unpaired) electrons. The van der Waals surface area contributed by atoms with Gasteiger partial charge in [0, 0.05) is 18.2 Å². The van der Waals surface area contributed by atoms with Crippen molar-refractivity contribution < 1.29 is 9.13 Å². The first-order chi connectivity index (χ1) is 9.11. The highest BCUT2D eigenvalue weighted by molar-refractivity contribution is 5.63. The Balaban J connectivity index is 2.47.